The van der Waals surface area contributed by atoms with Crippen LogP contribution in [0.3, 0.4) is 0 Å². The van der Waals surface area contributed by atoms with E-state index in [1.165, 1.54) is 6.08 Å². The van der Waals surface area contributed by atoms with E-state index in [0.29, 0.717) is 37.9 Å². The molecular formula is C30H41F2N3O3. The molecule has 2 N–H and O–H groups in total. The summed E-state index contributed by atoms with van der Waals surface area (Å²) < 4.78 is 33.6. The molecule has 0 spiro atoms. The summed E-state index contributed by atoms with van der Waals surface area (Å²) in [7, 11) is 0. The first kappa shape index (κ1) is 29.7. The molecule has 0 radical (unpaired) electrons. The fraction of sp³-hybridized carbons (Fsp3) is 0.567. The van der Waals surface area contributed by atoms with Gasteiger partial charge in [-0.3, -0.25) is 14.6 Å². The molecule has 2 unspecified atom stereocenters. The van der Waals surface area contributed by atoms with Gasteiger partial charge in [-0.15, -0.1) is 0 Å². The molecule has 6 nitrogen and oxygen atoms in total. The summed E-state index contributed by atoms with van der Waals surface area (Å²) in [6, 6.07) is 4.35. The minimum absolute atomic E-state index is 0.00931. The highest BCUT2D eigenvalue weighted by Crippen LogP contribution is 2.30. The number of benzene rings is 1. The van der Waals surface area contributed by atoms with E-state index in [4.69, 9.17) is 10.5 Å². The van der Waals surface area contributed by atoms with Crippen LogP contribution in [0.15, 0.2) is 46.6 Å². The van der Waals surface area contributed by atoms with Gasteiger partial charge in [0.05, 0.1) is 12.2 Å². The zero-order chi connectivity index (χ0) is 27.7. The molecule has 1 amide bonds. The summed E-state index contributed by atoms with van der Waals surface area (Å²) in [6.07, 6.45) is 9.33. The van der Waals surface area contributed by atoms with E-state index in [1.807, 2.05) is 26.8 Å². The maximum absolute atomic E-state index is 14.2. The number of ketones is 1. The lowest BCUT2D eigenvalue weighted by Gasteiger charge is -2.35. The molecule has 208 valence electrons. The van der Waals surface area contributed by atoms with Gasteiger partial charge in [0.15, 0.2) is 17.4 Å². The van der Waals surface area contributed by atoms with Gasteiger partial charge in [0.1, 0.15) is 12.2 Å². The largest absolute Gasteiger partial charge is 0.394 e. The average molecular weight is 530 g/mol. The highest BCUT2D eigenvalue weighted by molar-refractivity contribution is 6.09. The Morgan fingerprint density at radius 1 is 1.18 bits per heavy atom. The Morgan fingerprint density at radius 2 is 1.92 bits per heavy atom. The Bertz CT molecular complexity index is 1070. The second-order valence-corrected chi connectivity index (χ2v) is 10.4. The number of unbranched alkanes of at least 4 members (excludes halogenated alkanes) is 1. The van der Waals surface area contributed by atoms with Gasteiger partial charge in [-0.05, 0) is 82.4 Å². The first-order chi connectivity index (χ1) is 18.2. The van der Waals surface area contributed by atoms with E-state index < -0.39 is 11.6 Å². The number of halogens is 2. The fourth-order valence-electron chi connectivity index (χ4n) is 5.40. The van der Waals surface area contributed by atoms with Crippen LogP contribution in [0.5, 0.6) is 0 Å². The van der Waals surface area contributed by atoms with Gasteiger partial charge in [-0.1, -0.05) is 31.6 Å². The Balaban J connectivity index is 1.52. The molecule has 2 fully saturated rings. The summed E-state index contributed by atoms with van der Waals surface area (Å²) >= 11 is 0. The first-order valence-electron chi connectivity index (χ1n) is 13.8. The monoisotopic (exact) mass is 529 g/mol. The topological polar surface area (TPSA) is 85.0 Å². The quantitative estimate of drug-likeness (QED) is 0.298. The normalized spacial score (nSPS) is 23.3. The Labute approximate surface area is 225 Å². The van der Waals surface area contributed by atoms with Crippen LogP contribution in [0.2, 0.25) is 0 Å². The first-order valence-corrected chi connectivity index (χ1v) is 13.8. The van der Waals surface area contributed by atoms with Crippen LogP contribution in [0.25, 0.3) is 0 Å². The number of carbonyl (C=O) groups excluding carboxylic acids is 2. The van der Waals surface area contributed by atoms with E-state index in [1.54, 1.807) is 17.0 Å². The Kier molecular flexibility index (Phi) is 11.2. The minimum atomic E-state index is -0.813. The van der Waals surface area contributed by atoms with Gasteiger partial charge >= 0.3 is 0 Å². The van der Waals surface area contributed by atoms with Crippen molar-refractivity contribution in [3.05, 3.63) is 58.8 Å². The average Bonchev–Trinajstić information content (AvgIpc) is 3.35. The van der Waals surface area contributed by atoms with Crippen molar-refractivity contribution in [2.75, 3.05) is 19.6 Å². The number of morpholine rings is 1. The van der Waals surface area contributed by atoms with Crippen molar-refractivity contribution in [1.82, 2.24) is 4.90 Å². The van der Waals surface area contributed by atoms with Crippen molar-refractivity contribution in [2.24, 2.45) is 10.7 Å². The molecule has 3 rings (SSSR count). The van der Waals surface area contributed by atoms with Crippen LogP contribution in [0, 0.1) is 11.6 Å². The minimum Gasteiger partial charge on any atom is -0.394 e. The number of aliphatic imine (C=N–C) groups is 1. The van der Waals surface area contributed by atoms with E-state index in [2.05, 4.69) is 4.99 Å². The van der Waals surface area contributed by atoms with Gasteiger partial charge in [-0.25, -0.2) is 8.78 Å². The number of nitrogens with zero attached hydrogens (tertiary/aromatic N) is 2. The number of carbonyl (C=O) groups is 2. The smallest absolute Gasteiger partial charge is 0.270 e. The number of ether oxygens (including phenoxy) is 1. The summed E-state index contributed by atoms with van der Waals surface area (Å²) in [5, 5.41) is 0. The maximum atomic E-state index is 14.2. The molecule has 1 aliphatic heterocycles. The molecule has 1 saturated heterocycles. The fourth-order valence-corrected chi connectivity index (χ4v) is 5.40. The molecule has 0 bridgehead atoms. The summed E-state index contributed by atoms with van der Waals surface area (Å²) in [6.45, 7) is 6.92. The second-order valence-electron chi connectivity index (χ2n) is 10.4. The molecule has 1 aromatic rings. The third-order valence-corrected chi connectivity index (χ3v) is 7.16. The second kappa shape index (κ2) is 14.3. The summed E-state index contributed by atoms with van der Waals surface area (Å²) in [5.74, 6) is -1.93. The van der Waals surface area contributed by atoms with Crippen LogP contribution in [-0.2, 0) is 14.3 Å². The van der Waals surface area contributed by atoms with Gasteiger partial charge < -0.3 is 15.4 Å². The van der Waals surface area contributed by atoms with Crippen LogP contribution < -0.4 is 5.73 Å². The predicted octanol–water partition coefficient (Wildman–Crippen LogP) is 5.62. The summed E-state index contributed by atoms with van der Waals surface area (Å²) in [5.41, 5.74) is 8.43. The molecule has 0 aromatic heterocycles. The lowest BCUT2D eigenvalue weighted by atomic mass is 9.89. The van der Waals surface area contributed by atoms with Crippen LogP contribution in [0.4, 0.5) is 8.78 Å². The molecule has 2 aliphatic rings. The van der Waals surface area contributed by atoms with E-state index in [0.717, 1.165) is 49.5 Å². The molecule has 1 aliphatic carbocycles. The van der Waals surface area contributed by atoms with E-state index in [9.17, 15) is 18.4 Å². The standard InChI is InChI=1S/C30H41F2N3O3/c1-4-10-22(24-13-8-15-26(31)28(24)32)11-6-5-7-12-23(36)17-34-27-16-9-14-25(27)29(33)30(37)35-18-20(2)38-21(3)19-35/h7-8,12-13,15,20-22H,4-6,9-11,14,16-19,33H2,1-3H3/b12-7+,29-25-,34-27?/t20-,21?,22?/m1/s1. The zero-order valence-electron chi connectivity index (χ0n) is 22.8. The van der Waals surface area contributed by atoms with Crippen molar-refractivity contribution in [2.45, 2.75) is 90.3 Å². The van der Waals surface area contributed by atoms with E-state index in [-0.39, 0.29) is 42.1 Å². The number of allylic oxidation sites excluding steroid dienone is 2. The molecule has 3 atom stereocenters. The lowest BCUT2D eigenvalue weighted by Crippen LogP contribution is -2.49. The van der Waals surface area contributed by atoms with Crippen molar-refractivity contribution >= 4 is 17.4 Å². The van der Waals surface area contributed by atoms with Gasteiger partial charge in [0, 0.05) is 24.4 Å². The molecule has 1 heterocycles. The number of hydrogen-bond donors (Lipinski definition) is 1. The number of amides is 1. The SMILES string of the molecule is CCCC(CCC/C=C/C(=O)CN=C1CCC/C1=C(/N)C(=O)N1CC(C)O[C@H](C)C1)c1cccc(F)c1F. The lowest BCUT2D eigenvalue weighted by molar-refractivity contribution is -0.139. The zero-order valence-corrected chi connectivity index (χ0v) is 22.8. The van der Waals surface area contributed by atoms with Crippen LogP contribution >= 0.6 is 0 Å². The predicted molar refractivity (Wildman–Crippen MR) is 146 cm³/mol. The third-order valence-electron chi connectivity index (χ3n) is 7.16. The molecule has 1 saturated carbocycles. The highest BCUT2D eigenvalue weighted by atomic mass is 19.2. The molecule has 38 heavy (non-hydrogen) atoms. The number of nitrogens with two attached hydrogens (primary N) is 1. The van der Waals surface area contributed by atoms with Crippen LogP contribution in [0.1, 0.15) is 83.6 Å². The highest BCUT2D eigenvalue weighted by Gasteiger charge is 2.30. The van der Waals surface area contributed by atoms with Crippen molar-refractivity contribution in [3.8, 4) is 0 Å². The summed E-state index contributed by atoms with van der Waals surface area (Å²) in [4.78, 5) is 31.6. The Morgan fingerprint density at radius 3 is 2.63 bits per heavy atom. The number of rotatable bonds is 11. The number of hydrogen-bond acceptors (Lipinski definition) is 5. The Hall–Kier alpha value is -2.87. The third kappa shape index (κ3) is 8.06. The maximum Gasteiger partial charge on any atom is 0.270 e. The molecular weight excluding hydrogens is 488 g/mol. The molecule has 8 heteroatoms. The van der Waals surface area contributed by atoms with Crippen LogP contribution in [-0.4, -0.2) is 54.1 Å². The van der Waals surface area contributed by atoms with E-state index >= 15 is 0 Å². The van der Waals surface area contributed by atoms with Gasteiger partial charge in [-0.2, -0.15) is 0 Å². The van der Waals surface area contributed by atoms with Crippen molar-refractivity contribution in [1.29, 1.82) is 0 Å². The molecule has 1 aromatic carbocycles. The van der Waals surface area contributed by atoms with Crippen molar-refractivity contribution < 1.29 is 23.1 Å². The van der Waals surface area contributed by atoms with Crippen molar-refractivity contribution in [3.63, 3.8) is 0 Å². The van der Waals surface area contributed by atoms with Gasteiger partial charge in [0.25, 0.3) is 5.91 Å². The van der Waals surface area contributed by atoms with Gasteiger partial charge in [0.2, 0.25) is 0 Å².